The number of hydrogen-bond donors (Lipinski definition) is 3. The molecule has 1 atom stereocenters. The van der Waals surface area contributed by atoms with E-state index >= 15 is 0 Å². The van der Waals surface area contributed by atoms with Crippen molar-refractivity contribution in [3.63, 3.8) is 0 Å². The zero-order valence-corrected chi connectivity index (χ0v) is 20.3. The van der Waals surface area contributed by atoms with Crippen molar-refractivity contribution in [1.29, 1.82) is 0 Å². The van der Waals surface area contributed by atoms with Crippen LogP contribution in [0.15, 0.2) is 42.5 Å². The van der Waals surface area contributed by atoms with Crippen LogP contribution in [0.1, 0.15) is 55.6 Å². The first-order valence-corrected chi connectivity index (χ1v) is 12.2. The highest BCUT2D eigenvalue weighted by molar-refractivity contribution is 6.00. The van der Waals surface area contributed by atoms with Crippen molar-refractivity contribution >= 4 is 29.8 Å². The first-order valence-electron chi connectivity index (χ1n) is 12.2. The molecular weight excluding hydrogens is 446 g/mol. The van der Waals surface area contributed by atoms with Crippen LogP contribution in [0, 0.1) is 12.8 Å². The lowest BCUT2D eigenvalue weighted by Gasteiger charge is -2.42. The number of aryl methyl sites for hydroxylation is 1. The molecule has 2 aliphatic rings. The predicted molar refractivity (Wildman–Crippen MR) is 134 cm³/mol. The van der Waals surface area contributed by atoms with Gasteiger partial charge in [-0.25, -0.2) is 9.59 Å². The third kappa shape index (κ3) is 4.97. The van der Waals surface area contributed by atoms with Gasteiger partial charge >= 0.3 is 12.0 Å². The van der Waals surface area contributed by atoms with E-state index in [2.05, 4.69) is 10.6 Å². The summed E-state index contributed by atoms with van der Waals surface area (Å²) in [5.41, 5.74) is 2.43. The number of urea groups is 1. The number of methoxy groups -OCH3 is 1. The fourth-order valence-corrected chi connectivity index (χ4v) is 5.80. The Morgan fingerprint density at radius 2 is 1.80 bits per heavy atom. The minimum Gasteiger partial charge on any atom is -0.495 e. The molecule has 8 nitrogen and oxygen atoms in total. The number of aliphatic carboxylic acids is 1. The lowest BCUT2D eigenvalue weighted by molar-refractivity contribution is -0.157. The van der Waals surface area contributed by atoms with Crippen LogP contribution in [0.2, 0.25) is 0 Å². The summed E-state index contributed by atoms with van der Waals surface area (Å²) in [5.74, 6) is 0.0348. The number of anilines is 2. The van der Waals surface area contributed by atoms with E-state index in [0.717, 1.165) is 37.7 Å². The molecule has 0 bridgehead atoms. The Bertz CT molecular complexity index is 1080. The number of benzene rings is 2. The molecule has 0 spiro atoms. The number of nitrogens with zero attached hydrogens (tertiary/aromatic N) is 1. The Morgan fingerprint density at radius 1 is 1.09 bits per heavy atom. The lowest BCUT2D eigenvalue weighted by Crippen LogP contribution is -2.56. The van der Waals surface area contributed by atoms with Crippen molar-refractivity contribution in [1.82, 2.24) is 4.90 Å². The molecule has 8 heteroatoms. The predicted octanol–water partition coefficient (Wildman–Crippen LogP) is 5.00. The fourth-order valence-electron chi connectivity index (χ4n) is 5.80. The Hall–Kier alpha value is -3.55. The monoisotopic (exact) mass is 479 g/mol. The molecule has 2 fully saturated rings. The summed E-state index contributed by atoms with van der Waals surface area (Å²) in [6.45, 7) is 2.47. The number of carboxylic acid groups (broad SMARTS) is 1. The van der Waals surface area contributed by atoms with E-state index in [1.807, 2.05) is 49.4 Å². The van der Waals surface area contributed by atoms with Crippen LogP contribution >= 0.6 is 0 Å². The molecule has 2 aromatic rings. The SMILES string of the molecule is COc1ccc(C)cc1NC(=O)Nc1ccc([C@H]2CC[C@H]([C@@]3(C(=O)O)CCCN3C=O)CC2)cc1. The van der Waals surface area contributed by atoms with Gasteiger partial charge in [0, 0.05) is 12.2 Å². The third-order valence-electron chi connectivity index (χ3n) is 7.61. The summed E-state index contributed by atoms with van der Waals surface area (Å²) in [6.07, 6.45) is 5.31. The maximum absolute atomic E-state index is 12.5. The van der Waals surface area contributed by atoms with Gasteiger partial charge < -0.3 is 25.4 Å². The van der Waals surface area contributed by atoms with Crippen LogP contribution < -0.4 is 15.4 Å². The van der Waals surface area contributed by atoms with E-state index in [-0.39, 0.29) is 11.9 Å². The topological polar surface area (TPSA) is 108 Å². The number of carbonyl (C=O) groups is 3. The van der Waals surface area contributed by atoms with Crippen LogP contribution in [-0.4, -0.2) is 47.6 Å². The van der Waals surface area contributed by atoms with Gasteiger partial charge in [0.05, 0.1) is 12.8 Å². The number of likely N-dealkylation sites (tertiary alicyclic amines) is 1. The van der Waals surface area contributed by atoms with Crippen molar-refractivity contribution in [2.45, 2.75) is 56.9 Å². The van der Waals surface area contributed by atoms with Crippen molar-refractivity contribution in [2.75, 3.05) is 24.3 Å². The Balaban J connectivity index is 1.35. The smallest absolute Gasteiger partial charge is 0.329 e. The summed E-state index contributed by atoms with van der Waals surface area (Å²) in [4.78, 5) is 37.7. The standard InChI is InChI=1S/C27H33N3O5/c1-18-4-13-24(35-2)23(16-18)29-26(34)28-22-11-7-20(8-12-22)19-5-9-21(10-6-19)27(25(32)33)14-3-15-30(27)17-31/h4,7-8,11-13,16-17,19,21H,3,5-6,9-10,14-15H2,1-2H3,(H,32,33)(H2,28,29,34)/t19-,21-,27-/m1/s1. The second-order valence-electron chi connectivity index (χ2n) is 9.59. The first kappa shape index (κ1) is 24.6. The first-order chi connectivity index (χ1) is 16.9. The van der Waals surface area contributed by atoms with Gasteiger partial charge in [-0.1, -0.05) is 18.2 Å². The lowest BCUT2D eigenvalue weighted by atomic mass is 9.69. The van der Waals surface area contributed by atoms with Crippen molar-refractivity contribution < 1.29 is 24.2 Å². The molecule has 0 radical (unpaired) electrons. The van der Waals surface area contributed by atoms with Gasteiger partial charge in [-0.15, -0.1) is 0 Å². The molecule has 0 unspecified atom stereocenters. The molecule has 1 saturated carbocycles. The van der Waals surface area contributed by atoms with Crippen LogP contribution in [0.25, 0.3) is 0 Å². The maximum atomic E-state index is 12.5. The zero-order chi connectivity index (χ0) is 25.0. The van der Waals surface area contributed by atoms with Gasteiger partial charge in [0.25, 0.3) is 0 Å². The van der Waals surface area contributed by atoms with Crippen molar-refractivity contribution in [3.8, 4) is 5.75 Å². The molecule has 2 aromatic carbocycles. The molecule has 1 aliphatic carbocycles. The fraction of sp³-hybridized carbons (Fsp3) is 0.444. The molecule has 35 heavy (non-hydrogen) atoms. The largest absolute Gasteiger partial charge is 0.495 e. The minimum atomic E-state index is -1.05. The molecule has 1 saturated heterocycles. The Labute approximate surface area is 205 Å². The van der Waals surface area contributed by atoms with Gasteiger partial charge in [-0.3, -0.25) is 4.79 Å². The number of carbonyl (C=O) groups excluding carboxylic acids is 2. The highest BCUT2D eigenvalue weighted by Gasteiger charge is 2.53. The van der Waals surface area contributed by atoms with E-state index in [0.29, 0.717) is 42.4 Å². The third-order valence-corrected chi connectivity index (χ3v) is 7.61. The summed E-state index contributed by atoms with van der Waals surface area (Å²) < 4.78 is 5.31. The number of carboxylic acids is 1. The second kappa shape index (κ2) is 10.4. The molecule has 3 N–H and O–H groups in total. The molecule has 0 aromatic heterocycles. The van der Waals surface area contributed by atoms with E-state index in [1.165, 1.54) is 10.5 Å². The second-order valence-corrected chi connectivity index (χ2v) is 9.59. The maximum Gasteiger partial charge on any atom is 0.329 e. The van der Waals surface area contributed by atoms with Crippen LogP contribution in [0.3, 0.4) is 0 Å². The normalized spacial score (nSPS) is 24.0. The summed E-state index contributed by atoms with van der Waals surface area (Å²) >= 11 is 0. The number of rotatable bonds is 7. The number of hydrogen-bond acceptors (Lipinski definition) is 4. The van der Waals surface area contributed by atoms with Gasteiger partial charge in [-0.05, 0) is 92.7 Å². The highest BCUT2D eigenvalue weighted by atomic mass is 16.5. The Morgan fingerprint density at radius 3 is 2.43 bits per heavy atom. The summed E-state index contributed by atoms with van der Waals surface area (Å²) in [6, 6.07) is 13.1. The van der Waals surface area contributed by atoms with Gasteiger partial charge in [0.1, 0.15) is 11.3 Å². The van der Waals surface area contributed by atoms with Crippen LogP contribution in [-0.2, 0) is 9.59 Å². The van der Waals surface area contributed by atoms with Crippen LogP contribution in [0.4, 0.5) is 16.2 Å². The average molecular weight is 480 g/mol. The van der Waals surface area contributed by atoms with Crippen molar-refractivity contribution in [3.05, 3.63) is 53.6 Å². The molecule has 186 valence electrons. The highest BCUT2D eigenvalue weighted by Crippen LogP contribution is 2.46. The van der Waals surface area contributed by atoms with Crippen LogP contribution in [0.5, 0.6) is 5.75 Å². The van der Waals surface area contributed by atoms with Gasteiger partial charge in [0.15, 0.2) is 0 Å². The number of ether oxygens (including phenoxy) is 1. The van der Waals surface area contributed by atoms with E-state index < -0.39 is 11.5 Å². The minimum absolute atomic E-state index is 0.0211. The molecule has 1 aliphatic heterocycles. The van der Waals surface area contributed by atoms with E-state index in [9.17, 15) is 19.5 Å². The van der Waals surface area contributed by atoms with E-state index in [4.69, 9.17) is 4.74 Å². The number of nitrogens with one attached hydrogen (secondary N) is 2. The molecular formula is C27H33N3O5. The zero-order valence-electron chi connectivity index (χ0n) is 20.3. The number of amides is 3. The van der Waals surface area contributed by atoms with Gasteiger partial charge in [0.2, 0.25) is 6.41 Å². The summed E-state index contributed by atoms with van der Waals surface area (Å²) in [7, 11) is 1.56. The van der Waals surface area contributed by atoms with E-state index in [1.54, 1.807) is 7.11 Å². The molecule has 4 rings (SSSR count). The quantitative estimate of drug-likeness (QED) is 0.485. The average Bonchev–Trinajstić information content (AvgIpc) is 3.30. The molecule has 1 heterocycles. The summed E-state index contributed by atoms with van der Waals surface area (Å²) in [5, 5.41) is 15.7. The Kier molecular flexibility index (Phi) is 7.28. The van der Waals surface area contributed by atoms with Crippen molar-refractivity contribution in [2.24, 2.45) is 5.92 Å². The van der Waals surface area contributed by atoms with Gasteiger partial charge in [-0.2, -0.15) is 0 Å². The molecule has 3 amide bonds.